The molecule has 1 fully saturated rings. The first-order valence-corrected chi connectivity index (χ1v) is 6.37. The molecule has 0 aliphatic carbocycles. The summed E-state index contributed by atoms with van der Waals surface area (Å²) in [4.78, 5) is 0. The van der Waals surface area contributed by atoms with E-state index in [1.165, 1.54) is 18.4 Å². The van der Waals surface area contributed by atoms with E-state index in [4.69, 9.17) is 4.74 Å². The highest BCUT2D eigenvalue weighted by Crippen LogP contribution is 2.20. The van der Waals surface area contributed by atoms with Gasteiger partial charge in [-0.1, -0.05) is 12.1 Å². The number of aliphatic hydroxyl groups excluding tert-OH is 1. The topological polar surface area (TPSA) is 29.5 Å². The number of likely N-dealkylation sites (tertiary alicyclic amines) is 1. The van der Waals surface area contributed by atoms with Crippen LogP contribution in [0.1, 0.15) is 18.4 Å². The van der Waals surface area contributed by atoms with Crippen LogP contribution in [0.2, 0.25) is 0 Å². The van der Waals surface area contributed by atoms with Crippen LogP contribution in [-0.4, -0.2) is 43.1 Å². The third-order valence-corrected chi connectivity index (χ3v) is 3.82. The van der Waals surface area contributed by atoms with Crippen LogP contribution in [0.5, 0.6) is 5.75 Å². The maximum Gasteiger partial charge on any atom is 0.180 e. The summed E-state index contributed by atoms with van der Waals surface area (Å²) >= 11 is 0. The second kappa shape index (κ2) is 5.52. The van der Waals surface area contributed by atoms with E-state index in [0.717, 1.165) is 36.3 Å². The van der Waals surface area contributed by atoms with Crippen molar-refractivity contribution in [2.24, 2.45) is 0 Å². The van der Waals surface area contributed by atoms with Crippen LogP contribution in [-0.2, 0) is 6.42 Å². The van der Waals surface area contributed by atoms with Crippen molar-refractivity contribution in [1.29, 1.82) is 0 Å². The summed E-state index contributed by atoms with van der Waals surface area (Å²) < 4.78 is 6.10. The molecule has 0 bridgehead atoms. The number of rotatable bonds is 5. The number of hydrogen-bond donors (Lipinski definition) is 1. The van der Waals surface area contributed by atoms with Crippen LogP contribution in [0.25, 0.3) is 0 Å². The SMILES string of the molecule is COc1cccc(CC[N+]2(CO)CCCC2)c1. The van der Waals surface area contributed by atoms with Crippen LogP contribution >= 0.6 is 0 Å². The Morgan fingerprint density at radius 2 is 2.06 bits per heavy atom. The molecule has 1 aromatic rings. The van der Waals surface area contributed by atoms with E-state index in [1.54, 1.807) is 7.11 Å². The van der Waals surface area contributed by atoms with E-state index in [-0.39, 0.29) is 6.73 Å². The third kappa shape index (κ3) is 2.99. The molecule has 1 aromatic carbocycles. The number of quaternary nitrogens is 1. The molecule has 1 aliphatic rings. The zero-order valence-electron chi connectivity index (χ0n) is 10.6. The van der Waals surface area contributed by atoms with Gasteiger partial charge in [-0.2, -0.15) is 0 Å². The minimum absolute atomic E-state index is 0.282. The van der Waals surface area contributed by atoms with E-state index in [2.05, 4.69) is 12.1 Å². The molecule has 0 amide bonds. The van der Waals surface area contributed by atoms with Gasteiger partial charge in [-0.05, 0) is 17.7 Å². The minimum Gasteiger partial charge on any atom is -0.497 e. The van der Waals surface area contributed by atoms with Crippen LogP contribution in [0, 0.1) is 0 Å². The summed E-state index contributed by atoms with van der Waals surface area (Å²) in [6.45, 7) is 3.56. The molecule has 17 heavy (non-hydrogen) atoms. The van der Waals surface area contributed by atoms with Crippen molar-refractivity contribution in [2.45, 2.75) is 19.3 Å². The lowest BCUT2D eigenvalue weighted by molar-refractivity contribution is -0.934. The molecule has 94 valence electrons. The van der Waals surface area contributed by atoms with Gasteiger partial charge in [0.2, 0.25) is 0 Å². The first kappa shape index (κ1) is 12.4. The fourth-order valence-corrected chi connectivity index (χ4v) is 2.64. The van der Waals surface area contributed by atoms with Crippen LogP contribution in [0.3, 0.4) is 0 Å². The first-order chi connectivity index (χ1) is 8.28. The van der Waals surface area contributed by atoms with Gasteiger partial charge in [0.15, 0.2) is 6.73 Å². The van der Waals surface area contributed by atoms with Crippen molar-refractivity contribution in [3.8, 4) is 5.75 Å². The van der Waals surface area contributed by atoms with E-state index in [1.807, 2.05) is 12.1 Å². The smallest absolute Gasteiger partial charge is 0.180 e. The predicted molar refractivity (Wildman–Crippen MR) is 67.9 cm³/mol. The largest absolute Gasteiger partial charge is 0.497 e. The number of hydrogen-bond acceptors (Lipinski definition) is 2. The average Bonchev–Trinajstić information content (AvgIpc) is 2.86. The third-order valence-electron chi connectivity index (χ3n) is 3.82. The molecule has 0 spiro atoms. The molecular formula is C14H22NO2+. The highest BCUT2D eigenvalue weighted by molar-refractivity contribution is 5.28. The molecule has 0 saturated carbocycles. The van der Waals surface area contributed by atoms with Crippen LogP contribution in [0.15, 0.2) is 24.3 Å². The van der Waals surface area contributed by atoms with Gasteiger partial charge < -0.3 is 14.3 Å². The maximum atomic E-state index is 9.54. The van der Waals surface area contributed by atoms with Crippen LogP contribution in [0.4, 0.5) is 0 Å². The fraction of sp³-hybridized carbons (Fsp3) is 0.571. The Bertz CT molecular complexity index is 359. The second-order valence-corrected chi connectivity index (χ2v) is 4.96. The number of benzene rings is 1. The Hall–Kier alpha value is -1.06. The van der Waals surface area contributed by atoms with Gasteiger partial charge in [0.25, 0.3) is 0 Å². The Morgan fingerprint density at radius 1 is 1.29 bits per heavy atom. The lowest BCUT2D eigenvalue weighted by atomic mass is 10.1. The normalized spacial score (nSPS) is 18.2. The summed E-state index contributed by atoms with van der Waals surface area (Å²) in [5.41, 5.74) is 1.29. The number of nitrogens with zero attached hydrogens (tertiary/aromatic N) is 1. The van der Waals surface area contributed by atoms with Crippen molar-refractivity contribution >= 4 is 0 Å². The highest BCUT2D eigenvalue weighted by Gasteiger charge is 2.30. The molecule has 0 radical (unpaired) electrons. The molecule has 1 aliphatic heterocycles. The van der Waals surface area contributed by atoms with E-state index < -0.39 is 0 Å². The fourth-order valence-electron chi connectivity index (χ4n) is 2.64. The van der Waals surface area contributed by atoms with Gasteiger partial charge in [-0.15, -0.1) is 0 Å². The lowest BCUT2D eigenvalue weighted by Gasteiger charge is -2.31. The van der Waals surface area contributed by atoms with Gasteiger partial charge in [0.1, 0.15) is 5.75 Å². The summed E-state index contributed by atoms with van der Waals surface area (Å²) in [5, 5.41) is 9.54. The van der Waals surface area contributed by atoms with Gasteiger partial charge in [0, 0.05) is 19.3 Å². The monoisotopic (exact) mass is 236 g/mol. The lowest BCUT2D eigenvalue weighted by Crippen LogP contribution is -2.47. The van der Waals surface area contributed by atoms with E-state index in [9.17, 15) is 5.11 Å². The van der Waals surface area contributed by atoms with Gasteiger partial charge in [-0.25, -0.2) is 0 Å². The Morgan fingerprint density at radius 3 is 2.71 bits per heavy atom. The Balaban J connectivity index is 1.96. The molecule has 0 unspecified atom stereocenters. The second-order valence-electron chi connectivity index (χ2n) is 4.96. The zero-order valence-corrected chi connectivity index (χ0v) is 10.6. The summed E-state index contributed by atoms with van der Waals surface area (Å²) in [5.74, 6) is 0.916. The Kier molecular flexibility index (Phi) is 4.02. The molecule has 1 saturated heterocycles. The molecule has 1 heterocycles. The summed E-state index contributed by atoms with van der Waals surface area (Å²) in [7, 11) is 1.70. The van der Waals surface area contributed by atoms with Crippen molar-refractivity contribution in [1.82, 2.24) is 0 Å². The van der Waals surface area contributed by atoms with Crippen molar-refractivity contribution in [3.63, 3.8) is 0 Å². The average molecular weight is 236 g/mol. The predicted octanol–water partition coefficient (Wildman–Crippen LogP) is 1.80. The Labute approximate surface area is 103 Å². The van der Waals surface area contributed by atoms with Crippen molar-refractivity contribution in [2.75, 3.05) is 33.5 Å². The molecular weight excluding hydrogens is 214 g/mol. The number of aliphatic hydroxyl groups is 1. The van der Waals surface area contributed by atoms with Crippen molar-refractivity contribution in [3.05, 3.63) is 29.8 Å². The van der Waals surface area contributed by atoms with E-state index >= 15 is 0 Å². The maximum absolute atomic E-state index is 9.54. The molecule has 0 aromatic heterocycles. The van der Waals surface area contributed by atoms with Crippen molar-refractivity contribution < 1.29 is 14.3 Å². The molecule has 2 rings (SSSR count). The zero-order chi connectivity index (χ0) is 12.1. The molecule has 1 N–H and O–H groups in total. The quantitative estimate of drug-likeness (QED) is 0.790. The molecule has 3 heteroatoms. The van der Waals surface area contributed by atoms with Gasteiger partial charge in [-0.3, -0.25) is 0 Å². The molecule has 3 nitrogen and oxygen atoms in total. The summed E-state index contributed by atoms with van der Waals surface area (Å²) in [6, 6.07) is 8.22. The highest BCUT2D eigenvalue weighted by atomic mass is 16.5. The van der Waals surface area contributed by atoms with Crippen LogP contribution < -0.4 is 4.74 Å². The summed E-state index contributed by atoms with van der Waals surface area (Å²) in [6.07, 6.45) is 3.51. The standard InChI is InChI=1S/C14H22NO2/c1-17-14-6-4-5-13(11-14)7-10-15(12-16)8-2-3-9-15/h4-6,11,16H,2-3,7-10,12H2,1H3/q+1. The molecule has 0 atom stereocenters. The van der Waals surface area contributed by atoms with Gasteiger partial charge in [0.05, 0.1) is 26.7 Å². The first-order valence-electron chi connectivity index (χ1n) is 6.37. The van der Waals surface area contributed by atoms with E-state index in [0.29, 0.717) is 0 Å². The minimum atomic E-state index is 0.282. The number of ether oxygens (including phenoxy) is 1. The number of methoxy groups -OCH3 is 1. The van der Waals surface area contributed by atoms with Gasteiger partial charge >= 0.3 is 0 Å².